The molecular weight excluding hydrogens is 306 g/mol. The standard InChI is InChI=1S/C18H19N3OS/c1-12-2-5-16-15(8-12)14(10-20-16)9-17(22)21(11-13-3-4-13)18-19-6-7-23-18/h2,5-8,10,13,20H,3-4,9,11H2,1H3. The van der Waals surface area contributed by atoms with Crippen molar-refractivity contribution in [1.82, 2.24) is 9.97 Å². The molecule has 2 heterocycles. The van der Waals surface area contributed by atoms with Crippen LogP contribution < -0.4 is 4.90 Å². The van der Waals surface area contributed by atoms with Crippen LogP contribution >= 0.6 is 11.3 Å². The molecule has 0 bridgehead atoms. The van der Waals surface area contributed by atoms with Crippen molar-refractivity contribution in [2.75, 3.05) is 11.4 Å². The molecule has 0 aliphatic heterocycles. The first kappa shape index (κ1) is 14.5. The maximum absolute atomic E-state index is 12.9. The van der Waals surface area contributed by atoms with Gasteiger partial charge >= 0.3 is 0 Å². The van der Waals surface area contributed by atoms with Crippen LogP contribution in [0.2, 0.25) is 0 Å². The van der Waals surface area contributed by atoms with Gasteiger partial charge in [0.1, 0.15) is 0 Å². The van der Waals surface area contributed by atoms with Crippen molar-refractivity contribution in [3.8, 4) is 0 Å². The van der Waals surface area contributed by atoms with Crippen molar-refractivity contribution in [3.05, 3.63) is 47.1 Å². The lowest BCUT2D eigenvalue weighted by Crippen LogP contribution is -2.34. The lowest BCUT2D eigenvalue weighted by molar-refractivity contribution is -0.118. The number of hydrogen-bond donors (Lipinski definition) is 1. The maximum atomic E-state index is 12.9. The van der Waals surface area contributed by atoms with E-state index in [1.54, 1.807) is 6.20 Å². The van der Waals surface area contributed by atoms with Crippen LogP contribution in [0.5, 0.6) is 0 Å². The van der Waals surface area contributed by atoms with E-state index in [4.69, 9.17) is 0 Å². The van der Waals surface area contributed by atoms with Crippen molar-refractivity contribution in [1.29, 1.82) is 0 Å². The highest BCUT2D eigenvalue weighted by Gasteiger charge is 2.29. The van der Waals surface area contributed by atoms with E-state index in [1.807, 2.05) is 16.5 Å². The van der Waals surface area contributed by atoms with Gasteiger partial charge in [-0.25, -0.2) is 4.98 Å². The summed E-state index contributed by atoms with van der Waals surface area (Å²) in [5.74, 6) is 0.780. The number of anilines is 1. The number of nitrogens with zero attached hydrogens (tertiary/aromatic N) is 2. The van der Waals surface area contributed by atoms with Gasteiger partial charge in [0.2, 0.25) is 5.91 Å². The molecule has 23 heavy (non-hydrogen) atoms. The number of fused-ring (bicyclic) bond motifs is 1. The largest absolute Gasteiger partial charge is 0.361 e. The Morgan fingerprint density at radius 3 is 3.04 bits per heavy atom. The molecule has 4 rings (SSSR count). The molecule has 0 atom stereocenters. The summed E-state index contributed by atoms with van der Waals surface area (Å²) in [6, 6.07) is 6.30. The van der Waals surface area contributed by atoms with Gasteiger partial charge < -0.3 is 4.98 Å². The number of aromatic nitrogens is 2. The predicted octanol–water partition coefficient (Wildman–Crippen LogP) is 3.92. The topological polar surface area (TPSA) is 49.0 Å². The van der Waals surface area contributed by atoms with Gasteiger partial charge in [0.05, 0.1) is 6.42 Å². The van der Waals surface area contributed by atoms with Crippen molar-refractivity contribution in [3.63, 3.8) is 0 Å². The zero-order chi connectivity index (χ0) is 15.8. The van der Waals surface area contributed by atoms with E-state index >= 15 is 0 Å². The van der Waals surface area contributed by atoms with Gasteiger partial charge in [-0.15, -0.1) is 11.3 Å². The fourth-order valence-corrected chi connectivity index (χ4v) is 3.56. The number of rotatable bonds is 5. The number of amides is 1. The molecule has 118 valence electrons. The number of aryl methyl sites for hydroxylation is 1. The molecule has 4 nitrogen and oxygen atoms in total. The fourth-order valence-electron chi connectivity index (χ4n) is 2.89. The number of thiazole rings is 1. The minimum absolute atomic E-state index is 0.134. The summed E-state index contributed by atoms with van der Waals surface area (Å²) in [7, 11) is 0. The highest BCUT2D eigenvalue weighted by molar-refractivity contribution is 7.13. The Bertz CT molecular complexity index is 833. The molecule has 0 unspecified atom stereocenters. The van der Waals surface area contributed by atoms with Crippen LogP contribution in [0.15, 0.2) is 36.0 Å². The molecule has 2 aromatic heterocycles. The Labute approximate surface area is 139 Å². The van der Waals surface area contributed by atoms with Gasteiger partial charge in [-0.3, -0.25) is 9.69 Å². The van der Waals surface area contributed by atoms with Gasteiger partial charge in [0, 0.05) is 35.2 Å². The molecule has 1 aromatic carbocycles. The first-order valence-corrected chi connectivity index (χ1v) is 8.85. The quantitative estimate of drug-likeness (QED) is 0.773. The normalized spacial score (nSPS) is 14.3. The molecule has 5 heteroatoms. The van der Waals surface area contributed by atoms with Gasteiger partial charge in [-0.05, 0) is 43.4 Å². The number of hydrogen-bond acceptors (Lipinski definition) is 3. The van der Waals surface area contributed by atoms with E-state index < -0.39 is 0 Å². The van der Waals surface area contributed by atoms with Crippen LogP contribution in [0.3, 0.4) is 0 Å². The number of aromatic amines is 1. The van der Waals surface area contributed by atoms with E-state index in [-0.39, 0.29) is 5.91 Å². The molecule has 3 aromatic rings. The van der Waals surface area contributed by atoms with Gasteiger partial charge in [-0.1, -0.05) is 11.6 Å². The van der Waals surface area contributed by atoms with Crippen LogP contribution in [0.1, 0.15) is 24.0 Å². The minimum atomic E-state index is 0.134. The summed E-state index contributed by atoms with van der Waals surface area (Å²) in [5, 5.41) is 3.89. The molecule has 0 spiro atoms. The Hall–Kier alpha value is -2.14. The second kappa shape index (κ2) is 5.81. The van der Waals surface area contributed by atoms with E-state index in [2.05, 4.69) is 35.1 Å². The minimum Gasteiger partial charge on any atom is -0.361 e. The molecule has 1 N–H and O–H groups in total. The Balaban J connectivity index is 1.60. The van der Waals surface area contributed by atoms with Crippen LogP contribution in [0.4, 0.5) is 5.13 Å². The highest BCUT2D eigenvalue weighted by Crippen LogP contribution is 2.32. The smallest absolute Gasteiger partial charge is 0.233 e. The molecule has 1 aliphatic carbocycles. The molecule has 0 radical (unpaired) electrons. The fraction of sp³-hybridized carbons (Fsp3) is 0.333. The van der Waals surface area contributed by atoms with E-state index in [9.17, 15) is 4.79 Å². The summed E-state index contributed by atoms with van der Waals surface area (Å²) in [5.41, 5.74) is 3.35. The third-order valence-corrected chi connectivity index (χ3v) is 5.15. The monoisotopic (exact) mass is 325 g/mol. The Morgan fingerprint density at radius 2 is 2.30 bits per heavy atom. The second-order valence-corrected chi connectivity index (χ2v) is 7.18. The molecule has 1 aliphatic rings. The number of H-pyrrole nitrogens is 1. The summed E-state index contributed by atoms with van der Waals surface area (Å²) < 4.78 is 0. The van der Waals surface area contributed by atoms with Crippen LogP contribution in [0.25, 0.3) is 10.9 Å². The van der Waals surface area contributed by atoms with Crippen molar-refractivity contribution in [2.45, 2.75) is 26.2 Å². The second-order valence-electron chi connectivity index (χ2n) is 6.30. The average Bonchev–Trinajstić information content (AvgIpc) is 3.05. The van der Waals surface area contributed by atoms with E-state index in [0.717, 1.165) is 28.1 Å². The molecule has 1 amide bonds. The summed E-state index contributed by atoms with van der Waals surface area (Å²) in [6.45, 7) is 2.88. The maximum Gasteiger partial charge on any atom is 0.233 e. The molecule has 0 saturated heterocycles. The summed E-state index contributed by atoms with van der Waals surface area (Å²) >= 11 is 1.53. The first-order chi connectivity index (χ1) is 11.2. The Kier molecular flexibility index (Phi) is 3.65. The third kappa shape index (κ3) is 3.01. The van der Waals surface area contributed by atoms with Gasteiger partial charge in [0.15, 0.2) is 5.13 Å². The summed E-state index contributed by atoms with van der Waals surface area (Å²) in [4.78, 5) is 22.4. The van der Waals surface area contributed by atoms with Crippen molar-refractivity contribution >= 4 is 33.3 Å². The molecular formula is C18H19N3OS. The highest BCUT2D eigenvalue weighted by atomic mass is 32.1. The van der Waals surface area contributed by atoms with E-state index in [0.29, 0.717) is 12.3 Å². The van der Waals surface area contributed by atoms with Crippen LogP contribution in [-0.4, -0.2) is 22.4 Å². The molecule has 1 fully saturated rings. The van der Waals surface area contributed by atoms with Crippen molar-refractivity contribution in [2.24, 2.45) is 5.92 Å². The van der Waals surface area contributed by atoms with Crippen molar-refractivity contribution < 1.29 is 4.79 Å². The predicted molar refractivity (Wildman–Crippen MR) is 93.9 cm³/mol. The number of carbonyl (C=O) groups excluding carboxylic acids is 1. The SMILES string of the molecule is Cc1ccc2[nH]cc(CC(=O)N(CC3CC3)c3nccs3)c2c1. The summed E-state index contributed by atoms with van der Waals surface area (Å²) in [6.07, 6.45) is 6.58. The lowest BCUT2D eigenvalue weighted by atomic mass is 10.1. The molecule has 1 saturated carbocycles. The van der Waals surface area contributed by atoms with Gasteiger partial charge in [-0.2, -0.15) is 0 Å². The number of nitrogens with one attached hydrogen (secondary N) is 1. The van der Waals surface area contributed by atoms with Crippen LogP contribution in [-0.2, 0) is 11.2 Å². The number of benzene rings is 1. The zero-order valence-electron chi connectivity index (χ0n) is 13.1. The first-order valence-electron chi connectivity index (χ1n) is 7.97. The third-order valence-electron chi connectivity index (χ3n) is 4.35. The Morgan fingerprint density at radius 1 is 1.43 bits per heavy atom. The zero-order valence-corrected chi connectivity index (χ0v) is 13.9. The van der Waals surface area contributed by atoms with Gasteiger partial charge in [0.25, 0.3) is 0 Å². The van der Waals surface area contributed by atoms with E-state index in [1.165, 1.54) is 29.7 Å². The van der Waals surface area contributed by atoms with Crippen LogP contribution in [0, 0.1) is 12.8 Å². The number of carbonyl (C=O) groups is 1. The average molecular weight is 325 g/mol. The lowest BCUT2D eigenvalue weighted by Gasteiger charge is -2.19.